The molecule has 0 saturated heterocycles. The fourth-order valence-corrected chi connectivity index (χ4v) is 2.42. The van der Waals surface area contributed by atoms with Crippen LogP contribution in [0.1, 0.15) is 34.0 Å². The minimum atomic E-state index is -1.07. The van der Waals surface area contributed by atoms with Crippen LogP contribution in [0.5, 0.6) is 0 Å². The molecule has 0 aliphatic heterocycles. The largest absolute Gasteiger partial charge is 0.378 e. The molecule has 0 atom stereocenters. The van der Waals surface area contributed by atoms with Gasteiger partial charge in [0.25, 0.3) is 5.91 Å². The molecule has 0 bridgehead atoms. The highest BCUT2D eigenvalue weighted by molar-refractivity contribution is 7.14. The number of amides is 1. The molecule has 2 N–H and O–H groups in total. The fraction of sp³-hybridized carbons (Fsp3) is 0.235. The van der Waals surface area contributed by atoms with E-state index in [1.807, 2.05) is 0 Å². The van der Waals surface area contributed by atoms with E-state index in [4.69, 9.17) is 0 Å². The third-order valence-corrected chi connectivity index (χ3v) is 3.72. The van der Waals surface area contributed by atoms with Crippen molar-refractivity contribution in [1.29, 1.82) is 0 Å². The third kappa shape index (κ3) is 4.69. The maximum atomic E-state index is 13.5. The van der Waals surface area contributed by atoms with E-state index in [2.05, 4.69) is 17.2 Å². The molecule has 3 nitrogen and oxygen atoms in total. The van der Waals surface area contributed by atoms with Crippen molar-refractivity contribution in [2.45, 2.75) is 26.0 Å². The van der Waals surface area contributed by atoms with Crippen molar-refractivity contribution >= 4 is 17.2 Å². The van der Waals surface area contributed by atoms with Crippen LogP contribution < -0.4 is 5.32 Å². The lowest BCUT2D eigenvalue weighted by Gasteiger charge is -2.05. The zero-order chi connectivity index (χ0) is 16.2. The Kier molecular flexibility index (Phi) is 4.96. The predicted octanol–water partition coefficient (Wildman–Crippen LogP) is 2.94. The van der Waals surface area contributed by atoms with Crippen molar-refractivity contribution in [3.63, 3.8) is 0 Å². The van der Waals surface area contributed by atoms with Gasteiger partial charge in [-0.2, -0.15) is 0 Å². The minimum Gasteiger partial charge on any atom is -0.378 e. The topological polar surface area (TPSA) is 49.3 Å². The first-order valence-corrected chi connectivity index (χ1v) is 7.54. The second kappa shape index (κ2) is 6.73. The van der Waals surface area contributed by atoms with Crippen LogP contribution in [-0.2, 0) is 6.54 Å². The molecule has 0 fully saturated rings. The number of carbonyl (C=O) groups excluding carboxylic acids is 1. The molecule has 1 aromatic heterocycles. The summed E-state index contributed by atoms with van der Waals surface area (Å²) in [5, 5.41) is 12.2. The first-order valence-electron chi connectivity index (χ1n) is 6.72. The van der Waals surface area contributed by atoms with E-state index in [9.17, 15) is 14.3 Å². The molecule has 22 heavy (non-hydrogen) atoms. The lowest BCUT2D eigenvalue weighted by atomic mass is 10.1. The monoisotopic (exact) mass is 317 g/mol. The number of carbonyl (C=O) groups is 1. The van der Waals surface area contributed by atoms with E-state index in [1.165, 1.54) is 17.4 Å². The Hall–Kier alpha value is -2.16. The van der Waals surface area contributed by atoms with E-state index in [1.54, 1.807) is 44.2 Å². The molecule has 2 rings (SSSR count). The van der Waals surface area contributed by atoms with Crippen LogP contribution in [0.2, 0.25) is 0 Å². The van der Waals surface area contributed by atoms with E-state index < -0.39 is 5.60 Å². The molecular weight excluding hydrogens is 301 g/mol. The predicted molar refractivity (Wildman–Crippen MR) is 85.1 cm³/mol. The van der Waals surface area contributed by atoms with Crippen LogP contribution in [0.4, 0.5) is 4.39 Å². The Balaban J connectivity index is 2.00. The first kappa shape index (κ1) is 16.2. The normalized spacial score (nSPS) is 10.7. The lowest BCUT2D eigenvalue weighted by Crippen LogP contribution is -2.22. The molecular formula is C17H16FNO2S. The average molecular weight is 317 g/mol. The Bertz CT molecular complexity index is 735. The van der Waals surface area contributed by atoms with E-state index in [0.717, 1.165) is 0 Å². The Morgan fingerprint density at radius 1 is 1.32 bits per heavy atom. The van der Waals surface area contributed by atoms with Gasteiger partial charge in [0.2, 0.25) is 0 Å². The maximum Gasteiger partial charge on any atom is 0.261 e. The van der Waals surface area contributed by atoms with Gasteiger partial charge >= 0.3 is 0 Å². The summed E-state index contributed by atoms with van der Waals surface area (Å²) in [5.41, 5.74) is -0.633. The number of hydrogen-bond acceptors (Lipinski definition) is 3. The molecule has 0 aliphatic carbocycles. The number of thiophene rings is 1. The molecule has 1 heterocycles. The van der Waals surface area contributed by atoms with Gasteiger partial charge in [0.1, 0.15) is 11.4 Å². The number of halogens is 1. The Morgan fingerprint density at radius 3 is 2.73 bits per heavy atom. The lowest BCUT2D eigenvalue weighted by molar-refractivity contribution is 0.0954. The van der Waals surface area contributed by atoms with Gasteiger partial charge in [0, 0.05) is 12.1 Å². The van der Waals surface area contributed by atoms with Gasteiger partial charge in [0.05, 0.1) is 9.75 Å². The SMILES string of the molecule is CC(C)(O)C#Cc1ccc(C(=O)NCc2ccccc2F)s1. The summed E-state index contributed by atoms with van der Waals surface area (Å²) in [7, 11) is 0. The Labute approximate surface area is 132 Å². The summed E-state index contributed by atoms with van der Waals surface area (Å²) in [6.07, 6.45) is 0. The highest BCUT2D eigenvalue weighted by atomic mass is 32.1. The molecule has 5 heteroatoms. The van der Waals surface area contributed by atoms with Crippen molar-refractivity contribution in [3.8, 4) is 11.8 Å². The second-order valence-electron chi connectivity index (χ2n) is 5.25. The minimum absolute atomic E-state index is 0.133. The van der Waals surface area contributed by atoms with E-state index in [-0.39, 0.29) is 18.3 Å². The van der Waals surface area contributed by atoms with Crippen molar-refractivity contribution in [2.24, 2.45) is 0 Å². The second-order valence-corrected chi connectivity index (χ2v) is 6.33. The molecule has 0 radical (unpaired) electrons. The number of aliphatic hydroxyl groups is 1. The molecule has 0 aliphatic rings. The average Bonchev–Trinajstić information content (AvgIpc) is 2.92. The molecule has 1 amide bonds. The fourth-order valence-electron chi connectivity index (χ4n) is 1.65. The van der Waals surface area contributed by atoms with Crippen molar-refractivity contribution in [2.75, 3.05) is 0 Å². The smallest absolute Gasteiger partial charge is 0.261 e. The van der Waals surface area contributed by atoms with Crippen LogP contribution in [0.25, 0.3) is 0 Å². The summed E-state index contributed by atoms with van der Waals surface area (Å²) in [6, 6.07) is 9.70. The first-order chi connectivity index (χ1) is 10.3. The van der Waals surface area contributed by atoms with Gasteiger partial charge < -0.3 is 10.4 Å². The van der Waals surface area contributed by atoms with Crippen LogP contribution in [0.3, 0.4) is 0 Å². The summed E-state index contributed by atoms with van der Waals surface area (Å²) >= 11 is 1.23. The summed E-state index contributed by atoms with van der Waals surface area (Å²) in [4.78, 5) is 13.2. The zero-order valence-corrected chi connectivity index (χ0v) is 13.1. The van der Waals surface area contributed by atoms with Crippen molar-refractivity contribution in [1.82, 2.24) is 5.32 Å². The summed E-state index contributed by atoms with van der Waals surface area (Å²) in [6.45, 7) is 3.32. The Morgan fingerprint density at radius 2 is 2.05 bits per heavy atom. The molecule has 1 aromatic carbocycles. The van der Waals surface area contributed by atoms with Crippen LogP contribution in [0.15, 0.2) is 36.4 Å². The number of rotatable bonds is 3. The van der Waals surface area contributed by atoms with Crippen LogP contribution in [-0.4, -0.2) is 16.6 Å². The number of nitrogens with one attached hydrogen (secondary N) is 1. The van der Waals surface area contributed by atoms with Crippen LogP contribution in [0, 0.1) is 17.7 Å². The highest BCUT2D eigenvalue weighted by Gasteiger charge is 2.10. The highest BCUT2D eigenvalue weighted by Crippen LogP contribution is 2.16. The summed E-state index contributed by atoms with van der Waals surface area (Å²) in [5.74, 6) is 4.90. The molecule has 2 aromatic rings. The maximum absolute atomic E-state index is 13.5. The third-order valence-electron chi connectivity index (χ3n) is 2.72. The van der Waals surface area contributed by atoms with Crippen molar-refractivity contribution in [3.05, 3.63) is 57.5 Å². The van der Waals surface area contributed by atoms with Gasteiger partial charge in [-0.15, -0.1) is 11.3 Å². The van der Waals surface area contributed by atoms with Gasteiger partial charge in [-0.3, -0.25) is 4.79 Å². The van der Waals surface area contributed by atoms with E-state index in [0.29, 0.717) is 15.3 Å². The quantitative estimate of drug-likeness (QED) is 0.855. The molecule has 0 saturated carbocycles. The van der Waals surface area contributed by atoms with Crippen LogP contribution >= 0.6 is 11.3 Å². The molecule has 0 spiro atoms. The molecule has 0 unspecified atom stereocenters. The molecule has 114 valence electrons. The van der Waals surface area contributed by atoms with Gasteiger partial charge in [-0.25, -0.2) is 4.39 Å². The standard InChI is InChI=1S/C17H16FNO2S/c1-17(2,21)10-9-13-7-8-15(22-13)16(20)19-11-12-5-3-4-6-14(12)18/h3-8,21H,11H2,1-2H3,(H,19,20). The zero-order valence-electron chi connectivity index (χ0n) is 12.3. The van der Waals surface area contributed by atoms with Gasteiger partial charge in [-0.1, -0.05) is 30.0 Å². The van der Waals surface area contributed by atoms with Gasteiger partial charge in [0.15, 0.2) is 0 Å². The van der Waals surface area contributed by atoms with Gasteiger partial charge in [-0.05, 0) is 32.0 Å². The number of hydrogen-bond donors (Lipinski definition) is 2. The van der Waals surface area contributed by atoms with Crippen molar-refractivity contribution < 1.29 is 14.3 Å². The number of benzene rings is 1. The summed E-state index contributed by atoms with van der Waals surface area (Å²) < 4.78 is 13.5. The van der Waals surface area contributed by atoms with E-state index >= 15 is 0 Å².